The molecule has 1 aliphatic carbocycles. The van der Waals surface area contributed by atoms with Crippen LogP contribution in [0, 0.1) is 5.92 Å². The van der Waals surface area contributed by atoms with Gasteiger partial charge in [-0.3, -0.25) is 0 Å². The van der Waals surface area contributed by atoms with Crippen molar-refractivity contribution in [1.29, 1.82) is 0 Å². The summed E-state index contributed by atoms with van der Waals surface area (Å²) < 4.78 is 11.1. The highest BCUT2D eigenvalue weighted by atomic mass is 16.5. The summed E-state index contributed by atoms with van der Waals surface area (Å²) in [4.78, 5) is 4.33. The van der Waals surface area contributed by atoms with E-state index < -0.39 is 11.6 Å². The fraction of sp³-hybridized carbons (Fsp3) is 0.846. The van der Waals surface area contributed by atoms with Gasteiger partial charge in [0.1, 0.15) is 11.6 Å². The van der Waals surface area contributed by atoms with Gasteiger partial charge >= 0.3 is 0 Å². The minimum absolute atomic E-state index is 0.208. The number of aromatic nitrogens is 2. The summed E-state index contributed by atoms with van der Waals surface area (Å²) >= 11 is 0. The molecule has 1 aromatic heterocycles. The van der Waals surface area contributed by atoms with Crippen LogP contribution in [0.4, 0.5) is 0 Å². The first kappa shape index (κ1) is 14.4. The molecule has 0 spiro atoms. The summed E-state index contributed by atoms with van der Waals surface area (Å²) in [6.07, 6.45) is 3.98. The summed E-state index contributed by atoms with van der Waals surface area (Å²) in [6.45, 7) is 4.63. The van der Waals surface area contributed by atoms with Gasteiger partial charge in [-0.15, -0.1) is 0 Å². The Balaban J connectivity index is 2.21. The molecule has 0 amide bonds. The first-order valence-corrected chi connectivity index (χ1v) is 6.95. The molecule has 19 heavy (non-hydrogen) atoms. The van der Waals surface area contributed by atoms with Crippen LogP contribution in [0.25, 0.3) is 0 Å². The lowest BCUT2D eigenvalue weighted by Gasteiger charge is -2.36. The quantitative estimate of drug-likeness (QED) is 0.841. The number of hydrogen-bond donors (Lipinski definition) is 2. The molecule has 0 aliphatic heterocycles. The summed E-state index contributed by atoms with van der Waals surface area (Å²) in [5.74, 6) is 1.55. The molecule has 1 fully saturated rings. The van der Waals surface area contributed by atoms with Crippen LogP contribution < -0.4 is 5.73 Å². The molecule has 0 radical (unpaired) electrons. The lowest BCUT2D eigenvalue weighted by molar-refractivity contribution is -0.0847. The molecular formula is C13H23N3O3. The number of rotatable bonds is 5. The largest absolute Gasteiger partial charge is 0.394 e. The maximum absolute atomic E-state index is 9.03. The topological polar surface area (TPSA) is 94.4 Å². The fourth-order valence-electron chi connectivity index (χ4n) is 2.59. The van der Waals surface area contributed by atoms with E-state index in [2.05, 4.69) is 17.1 Å². The fourth-order valence-corrected chi connectivity index (χ4v) is 2.59. The van der Waals surface area contributed by atoms with Gasteiger partial charge in [0, 0.05) is 6.61 Å². The smallest absolute Gasteiger partial charge is 0.246 e. The van der Waals surface area contributed by atoms with Crippen molar-refractivity contribution in [3.05, 3.63) is 11.7 Å². The van der Waals surface area contributed by atoms with Gasteiger partial charge in [0.15, 0.2) is 0 Å². The van der Waals surface area contributed by atoms with Gasteiger partial charge in [-0.05, 0) is 38.5 Å². The van der Waals surface area contributed by atoms with Crippen molar-refractivity contribution in [1.82, 2.24) is 10.1 Å². The molecule has 0 unspecified atom stereocenters. The van der Waals surface area contributed by atoms with E-state index in [-0.39, 0.29) is 12.5 Å². The maximum Gasteiger partial charge on any atom is 0.246 e. The molecule has 0 aromatic carbocycles. The highest BCUT2D eigenvalue weighted by molar-refractivity contribution is 5.05. The third-order valence-electron chi connectivity index (χ3n) is 3.87. The third kappa shape index (κ3) is 2.96. The molecule has 0 bridgehead atoms. The van der Waals surface area contributed by atoms with Gasteiger partial charge < -0.3 is 20.1 Å². The molecule has 1 aliphatic rings. The van der Waals surface area contributed by atoms with Crippen LogP contribution in [-0.2, 0) is 10.3 Å². The average Bonchev–Trinajstić information content (AvgIpc) is 2.91. The third-order valence-corrected chi connectivity index (χ3v) is 3.87. The van der Waals surface area contributed by atoms with Crippen molar-refractivity contribution in [2.45, 2.75) is 51.2 Å². The van der Waals surface area contributed by atoms with Crippen LogP contribution >= 0.6 is 0 Å². The van der Waals surface area contributed by atoms with Crippen molar-refractivity contribution in [3.63, 3.8) is 0 Å². The van der Waals surface area contributed by atoms with Crippen molar-refractivity contribution in [3.8, 4) is 0 Å². The van der Waals surface area contributed by atoms with Gasteiger partial charge in [0.2, 0.25) is 11.7 Å². The van der Waals surface area contributed by atoms with Crippen LogP contribution in [-0.4, -0.2) is 28.5 Å². The van der Waals surface area contributed by atoms with Crippen LogP contribution in [0.5, 0.6) is 0 Å². The summed E-state index contributed by atoms with van der Waals surface area (Å²) in [7, 11) is 0. The second-order valence-electron chi connectivity index (χ2n) is 5.36. The highest BCUT2D eigenvalue weighted by Crippen LogP contribution is 2.41. The molecule has 1 aromatic rings. The van der Waals surface area contributed by atoms with Gasteiger partial charge in [0.25, 0.3) is 0 Å². The van der Waals surface area contributed by atoms with Crippen LogP contribution in [0.15, 0.2) is 4.52 Å². The Bertz CT molecular complexity index is 400. The van der Waals surface area contributed by atoms with E-state index >= 15 is 0 Å². The number of nitrogens with zero attached hydrogens (tertiary/aromatic N) is 2. The predicted octanol–water partition coefficient (Wildman–Crippen LogP) is 1.50. The van der Waals surface area contributed by atoms with Crippen LogP contribution in [0.1, 0.15) is 57.3 Å². The average molecular weight is 269 g/mol. The molecule has 2 rings (SSSR count). The zero-order valence-corrected chi connectivity index (χ0v) is 11.6. The molecule has 1 atom stereocenters. The molecule has 6 heteroatoms. The molecule has 0 saturated heterocycles. The first-order chi connectivity index (χ1) is 9.11. The Morgan fingerprint density at radius 2 is 2.21 bits per heavy atom. The second kappa shape index (κ2) is 5.98. The molecule has 1 heterocycles. The molecule has 6 nitrogen and oxygen atoms in total. The van der Waals surface area contributed by atoms with Gasteiger partial charge in [0.05, 0.1) is 6.61 Å². The van der Waals surface area contributed by atoms with E-state index in [1.165, 1.54) is 0 Å². The second-order valence-corrected chi connectivity index (χ2v) is 5.36. The maximum atomic E-state index is 9.03. The number of hydrogen-bond acceptors (Lipinski definition) is 6. The molecule has 1 saturated carbocycles. The Kier molecular flexibility index (Phi) is 4.54. The van der Waals surface area contributed by atoms with E-state index in [1.54, 1.807) is 0 Å². The van der Waals surface area contributed by atoms with E-state index in [9.17, 15) is 0 Å². The van der Waals surface area contributed by atoms with E-state index in [0.717, 1.165) is 25.7 Å². The van der Waals surface area contributed by atoms with Gasteiger partial charge in [-0.2, -0.15) is 4.98 Å². The van der Waals surface area contributed by atoms with Crippen LogP contribution in [0.2, 0.25) is 0 Å². The SMILES string of the molecule is CCOC1(c2noc([C@H](N)CO)n2)CCC(C)CC1. The first-order valence-electron chi connectivity index (χ1n) is 6.95. The highest BCUT2D eigenvalue weighted by Gasteiger charge is 2.41. The van der Waals surface area contributed by atoms with Crippen molar-refractivity contribution < 1.29 is 14.4 Å². The minimum Gasteiger partial charge on any atom is -0.394 e. The minimum atomic E-state index is -0.623. The van der Waals surface area contributed by atoms with E-state index in [1.807, 2.05) is 6.92 Å². The lowest BCUT2D eigenvalue weighted by Crippen LogP contribution is -2.35. The number of aliphatic hydroxyl groups is 1. The standard InChI is InChI=1S/C13H23N3O3/c1-3-18-13(6-4-9(2)5-7-13)12-15-11(19-16-12)10(14)8-17/h9-10,17H,3-8,14H2,1-2H3/t9?,10-,13?/m1/s1. The van der Waals surface area contributed by atoms with Crippen LogP contribution in [0.3, 0.4) is 0 Å². The van der Waals surface area contributed by atoms with Crippen molar-refractivity contribution >= 4 is 0 Å². The van der Waals surface area contributed by atoms with E-state index in [0.29, 0.717) is 18.3 Å². The summed E-state index contributed by atoms with van der Waals surface area (Å²) in [6, 6.07) is -0.623. The van der Waals surface area contributed by atoms with Gasteiger partial charge in [-0.1, -0.05) is 12.1 Å². The van der Waals surface area contributed by atoms with Gasteiger partial charge in [-0.25, -0.2) is 0 Å². The Morgan fingerprint density at radius 3 is 2.79 bits per heavy atom. The van der Waals surface area contributed by atoms with Crippen molar-refractivity contribution in [2.24, 2.45) is 11.7 Å². The lowest BCUT2D eigenvalue weighted by atomic mass is 9.79. The number of ether oxygens (including phenoxy) is 1. The van der Waals surface area contributed by atoms with Crippen molar-refractivity contribution in [2.75, 3.05) is 13.2 Å². The zero-order chi connectivity index (χ0) is 13.9. The summed E-state index contributed by atoms with van der Waals surface area (Å²) in [5.41, 5.74) is 5.24. The normalized spacial score (nSPS) is 29.4. The monoisotopic (exact) mass is 269 g/mol. The number of aliphatic hydroxyl groups excluding tert-OH is 1. The zero-order valence-electron chi connectivity index (χ0n) is 11.6. The summed E-state index contributed by atoms with van der Waals surface area (Å²) in [5, 5.41) is 13.0. The molecule has 3 N–H and O–H groups in total. The number of nitrogens with two attached hydrogens (primary N) is 1. The van der Waals surface area contributed by atoms with E-state index in [4.69, 9.17) is 20.1 Å². The molecular weight excluding hydrogens is 246 g/mol. The predicted molar refractivity (Wildman–Crippen MR) is 69.2 cm³/mol. The molecule has 108 valence electrons. The Hall–Kier alpha value is -0.980. The Morgan fingerprint density at radius 1 is 1.53 bits per heavy atom. The Labute approximate surface area is 113 Å².